The maximum atomic E-state index is 14.2. The van der Waals surface area contributed by atoms with E-state index in [2.05, 4.69) is 102 Å². The van der Waals surface area contributed by atoms with Crippen LogP contribution in [0.4, 0.5) is 0 Å². The van der Waals surface area contributed by atoms with Crippen molar-refractivity contribution < 1.29 is 4.74 Å². The Morgan fingerprint density at radius 2 is 1.76 bits per heavy atom. The fourth-order valence-corrected chi connectivity index (χ4v) is 7.61. The molecule has 2 aliphatic rings. The molecule has 0 N–H and O–H groups in total. The Morgan fingerprint density at radius 1 is 1.00 bits per heavy atom. The number of hydrogen-bond donors (Lipinski definition) is 0. The zero-order valence-electron chi connectivity index (χ0n) is 23.0. The van der Waals surface area contributed by atoms with E-state index < -0.39 is 0 Å². The molecule has 0 fully saturated rings. The Balaban J connectivity index is 1.45. The number of benzene rings is 3. The molecule has 1 aliphatic heterocycles. The highest BCUT2D eigenvalue weighted by atomic mass is 127. The van der Waals surface area contributed by atoms with E-state index in [0.29, 0.717) is 4.53 Å². The molecular weight excluding hydrogens is 641 g/mol. The maximum absolute atomic E-state index is 14.2. The van der Waals surface area contributed by atoms with Crippen molar-refractivity contribution in [2.24, 2.45) is 4.99 Å². The number of nitrogens with zero attached hydrogens (tertiary/aromatic N) is 3. The number of methoxy groups -OCH3 is 1. The third kappa shape index (κ3) is 4.33. The summed E-state index contributed by atoms with van der Waals surface area (Å²) in [5.41, 5.74) is 9.97. The summed E-state index contributed by atoms with van der Waals surface area (Å²) in [7, 11) is 1.69. The number of thiazole rings is 1. The van der Waals surface area contributed by atoms with Crippen molar-refractivity contribution in [2.75, 3.05) is 7.11 Å². The molecule has 0 bridgehead atoms. The van der Waals surface area contributed by atoms with E-state index in [1.165, 1.54) is 26.0 Å². The Kier molecular flexibility index (Phi) is 6.59. The fraction of sp³-hybridized carbons (Fsp3) is 0.176. The predicted molar refractivity (Wildman–Crippen MR) is 174 cm³/mol. The average Bonchev–Trinajstić information content (AvgIpc) is 3.45. The molecule has 0 radical (unpaired) electrons. The van der Waals surface area contributed by atoms with E-state index in [-0.39, 0.29) is 11.6 Å². The second-order valence-electron chi connectivity index (χ2n) is 10.5. The molecular formula is C34H28IN3O2S. The van der Waals surface area contributed by atoms with Crippen LogP contribution in [0.2, 0.25) is 0 Å². The molecule has 0 saturated carbocycles. The van der Waals surface area contributed by atoms with E-state index >= 15 is 0 Å². The molecule has 1 aliphatic carbocycles. The first-order valence-corrected chi connectivity index (χ1v) is 15.5. The highest BCUT2D eigenvalue weighted by Gasteiger charge is 2.34. The Labute approximate surface area is 255 Å². The molecule has 1 atom stereocenters. The van der Waals surface area contributed by atoms with Gasteiger partial charge in [-0.25, -0.2) is 4.99 Å². The smallest absolute Gasteiger partial charge is 0.271 e. The first kappa shape index (κ1) is 26.2. The van der Waals surface area contributed by atoms with E-state index in [0.717, 1.165) is 62.9 Å². The van der Waals surface area contributed by atoms with Crippen LogP contribution < -0.4 is 19.6 Å². The van der Waals surface area contributed by atoms with E-state index in [9.17, 15) is 4.79 Å². The lowest BCUT2D eigenvalue weighted by Gasteiger charge is -2.31. The molecule has 3 heterocycles. The van der Waals surface area contributed by atoms with E-state index in [1.54, 1.807) is 7.11 Å². The lowest BCUT2D eigenvalue weighted by atomic mass is 9.83. The Bertz CT molecular complexity index is 2050. The number of aryl methyl sites for hydroxylation is 2. The molecule has 204 valence electrons. The first-order chi connectivity index (χ1) is 19.9. The van der Waals surface area contributed by atoms with Gasteiger partial charge in [-0.05, 0) is 108 Å². The maximum Gasteiger partial charge on any atom is 0.271 e. The standard InChI is InChI=1S/C34H28IN3O2S/c1-20-18-23(21(2)37(20)25-15-13-24(35)14-16-25)19-30-33(39)38-32(27-10-6-7-11-29(27)40-3)28-17-12-22-8-4-5-9-26(22)31(28)36-34(38)41-30/h4-11,13-16,18-19,32H,12,17H2,1-3H3/b30-19+/t32-/m1/s1. The molecule has 0 unspecified atom stereocenters. The van der Waals surface area contributed by atoms with E-state index in [4.69, 9.17) is 9.73 Å². The van der Waals surface area contributed by atoms with Gasteiger partial charge in [0.2, 0.25) is 0 Å². The molecule has 41 heavy (non-hydrogen) atoms. The molecule has 3 aromatic carbocycles. The van der Waals surface area contributed by atoms with Crippen molar-refractivity contribution in [1.29, 1.82) is 0 Å². The number of hydrogen-bond acceptors (Lipinski definition) is 4. The lowest BCUT2D eigenvalue weighted by Crippen LogP contribution is -2.39. The van der Waals surface area contributed by atoms with Gasteiger partial charge in [0.25, 0.3) is 5.56 Å². The molecule has 7 rings (SSSR count). The second-order valence-corrected chi connectivity index (χ2v) is 12.7. The van der Waals surface area contributed by atoms with Gasteiger partial charge in [-0.2, -0.15) is 0 Å². The van der Waals surface area contributed by atoms with Gasteiger partial charge in [0.1, 0.15) is 5.75 Å². The molecule has 0 saturated heterocycles. The first-order valence-electron chi connectivity index (χ1n) is 13.7. The van der Waals surface area contributed by atoms with Gasteiger partial charge in [-0.3, -0.25) is 9.36 Å². The largest absolute Gasteiger partial charge is 0.496 e. The minimum Gasteiger partial charge on any atom is -0.496 e. The van der Waals surface area contributed by atoms with E-state index in [1.807, 2.05) is 28.8 Å². The summed E-state index contributed by atoms with van der Waals surface area (Å²) in [4.78, 5) is 20.1. The van der Waals surface area contributed by atoms with Crippen molar-refractivity contribution in [3.63, 3.8) is 0 Å². The highest BCUT2D eigenvalue weighted by Crippen LogP contribution is 2.43. The summed E-state index contributed by atoms with van der Waals surface area (Å²) in [5.74, 6) is 0.778. The number of allylic oxidation sites excluding steroid dienone is 1. The van der Waals surface area contributed by atoms with Crippen molar-refractivity contribution in [1.82, 2.24) is 9.13 Å². The second kappa shape index (κ2) is 10.3. The lowest BCUT2D eigenvalue weighted by molar-refractivity contribution is 0.402. The summed E-state index contributed by atoms with van der Waals surface area (Å²) < 4.78 is 11.8. The number of rotatable bonds is 4. The Morgan fingerprint density at radius 3 is 2.56 bits per heavy atom. The van der Waals surface area contributed by atoms with Crippen LogP contribution in [0.15, 0.2) is 94.2 Å². The summed E-state index contributed by atoms with van der Waals surface area (Å²) in [6.45, 7) is 4.22. The fourth-order valence-electron chi connectivity index (χ4n) is 6.25. The molecule has 2 aromatic heterocycles. The van der Waals surface area contributed by atoms with Crippen molar-refractivity contribution in [3.8, 4) is 11.4 Å². The monoisotopic (exact) mass is 669 g/mol. The van der Waals surface area contributed by atoms with Crippen LogP contribution in [0.25, 0.3) is 17.5 Å². The molecule has 7 heteroatoms. The average molecular weight is 670 g/mol. The van der Waals surface area contributed by atoms with Gasteiger partial charge in [-0.15, -0.1) is 0 Å². The normalized spacial score (nSPS) is 16.2. The number of aromatic nitrogens is 2. The molecule has 5 nitrogen and oxygen atoms in total. The molecule has 0 amide bonds. The van der Waals surface area contributed by atoms with Crippen LogP contribution in [0.1, 0.15) is 46.1 Å². The summed E-state index contributed by atoms with van der Waals surface area (Å²) in [6, 6.07) is 26.9. The zero-order chi connectivity index (χ0) is 28.2. The number of halogens is 1. The summed E-state index contributed by atoms with van der Waals surface area (Å²) in [6.07, 6.45) is 3.80. The number of fused-ring (bicyclic) bond motifs is 3. The van der Waals surface area contributed by atoms with Gasteiger partial charge in [0.15, 0.2) is 4.80 Å². The molecule has 5 aromatic rings. The minimum absolute atomic E-state index is 0.0193. The van der Waals surface area contributed by atoms with Crippen molar-refractivity contribution >= 4 is 45.7 Å². The number of para-hydroxylation sites is 1. The van der Waals surface area contributed by atoms with Gasteiger partial charge >= 0.3 is 0 Å². The van der Waals surface area contributed by atoms with Crippen LogP contribution in [0.3, 0.4) is 0 Å². The third-order valence-corrected chi connectivity index (χ3v) is 9.85. The molecule has 0 spiro atoms. The van der Waals surface area contributed by atoms with Gasteiger partial charge < -0.3 is 9.30 Å². The highest BCUT2D eigenvalue weighted by molar-refractivity contribution is 14.1. The predicted octanol–water partition coefficient (Wildman–Crippen LogP) is 6.34. The summed E-state index contributed by atoms with van der Waals surface area (Å²) in [5, 5.41) is 0. The van der Waals surface area contributed by atoms with Crippen LogP contribution in [0, 0.1) is 17.4 Å². The quantitative estimate of drug-likeness (QED) is 0.210. The van der Waals surface area contributed by atoms with Gasteiger partial charge in [0, 0.05) is 31.8 Å². The third-order valence-electron chi connectivity index (χ3n) is 8.15. The topological polar surface area (TPSA) is 48.5 Å². The zero-order valence-corrected chi connectivity index (χ0v) is 26.0. The van der Waals surface area contributed by atoms with Crippen LogP contribution in [-0.4, -0.2) is 16.2 Å². The minimum atomic E-state index is -0.271. The van der Waals surface area contributed by atoms with Crippen LogP contribution in [-0.2, 0) is 6.42 Å². The number of ether oxygens (including phenoxy) is 1. The van der Waals surface area contributed by atoms with Crippen LogP contribution >= 0.6 is 33.9 Å². The Hall–Kier alpha value is -3.69. The van der Waals surface area contributed by atoms with Gasteiger partial charge in [-0.1, -0.05) is 53.8 Å². The summed E-state index contributed by atoms with van der Waals surface area (Å²) >= 11 is 3.79. The van der Waals surface area contributed by atoms with Crippen molar-refractivity contribution in [3.05, 3.63) is 141 Å². The SMILES string of the molecule is COc1ccccc1[C@@H]1C2=C(N=c3s/c(=C/c4cc(C)n(-c5ccc(I)cc5)c4C)c(=O)n31)c1ccccc1CC2. The van der Waals surface area contributed by atoms with Crippen molar-refractivity contribution in [2.45, 2.75) is 32.7 Å². The van der Waals surface area contributed by atoms with Gasteiger partial charge in [0.05, 0.1) is 23.4 Å². The van der Waals surface area contributed by atoms with Crippen LogP contribution in [0.5, 0.6) is 5.75 Å².